The van der Waals surface area contributed by atoms with Gasteiger partial charge in [-0.05, 0) is 41.5 Å². The second kappa shape index (κ2) is 8.09. The van der Waals surface area contributed by atoms with Gasteiger partial charge >= 0.3 is 0 Å². The molecule has 136 valence electrons. The van der Waals surface area contributed by atoms with E-state index in [1.165, 1.54) is 24.3 Å². The summed E-state index contributed by atoms with van der Waals surface area (Å²) in [5.41, 5.74) is 3.98. The number of hydrazone groups is 1. The fraction of sp³-hybridized carbons (Fsp3) is 0.100. The Morgan fingerprint density at radius 3 is 2.48 bits per heavy atom. The fourth-order valence-corrected chi connectivity index (χ4v) is 2.47. The maximum atomic E-state index is 11.9. The average Bonchev–Trinajstić information content (AvgIpc) is 2.70. The van der Waals surface area contributed by atoms with E-state index < -0.39 is 10.8 Å². The van der Waals surface area contributed by atoms with Crippen LogP contribution in [0.15, 0.2) is 71.8 Å². The molecule has 0 radical (unpaired) electrons. The Labute approximate surface area is 155 Å². The largest absolute Gasteiger partial charge is 0.484 e. The first-order chi connectivity index (χ1) is 13.0. The number of nitrogens with one attached hydrogen (secondary N) is 1. The number of amides is 1. The van der Waals surface area contributed by atoms with Crippen molar-refractivity contribution in [1.29, 1.82) is 0 Å². The Morgan fingerprint density at radius 1 is 1.07 bits per heavy atom. The van der Waals surface area contributed by atoms with Gasteiger partial charge in [-0.15, -0.1) is 0 Å². The molecular weight excluding hydrogens is 346 g/mol. The molecule has 1 amide bonds. The Morgan fingerprint density at radius 2 is 1.78 bits per heavy atom. The van der Waals surface area contributed by atoms with Crippen molar-refractivity contribution in [2.75, 3.05) is 6.61 Å². The van der Waals surface area contributed by atoms with Crippen molar-refractivity contribution in [3.63, 3.8) is 0 Å². The van der Waals surface area contributed by atoms with E-state index in [4.69, 9.17) is 4.74 Å². The van der Waals surface area contributed by atoms with Crippen LogP contribution in [0.25, 0.3) is 10.8 Å². The van der Waals surface area contributed by atoms with Crippen LogP contribution in [0.4, 0.5) is 5.69 Å². The van der Waals surface area contributed by atoms with E-state index in [0.29, 0.717) is 11.5 Å². The molecule has 0 unspecified atom stereocenters. The number of nitro groups is 1. The van der Waals surface area contributed by atoms with E-state index in [2.05, 4.69) is 10.5 Å². The minimum Gasteiger partial charge on any atom is -0.484 e. The van der Waals surface area contributed by atoms with Crippen molar-refractivity contribution < 1.29 is 14.5 Å². The van der Waals surface area contributed by atoms with E-state index in [1.807, 2.05) is 49.4 Å². The predicted molar refractivity (Wildman–Crippen MR) is 103 cm³/mol. The Hall–Kier alpha value is -3.74. The van der Waals surface area contributed by atoms with Gasteiger partial charge in [0.2, 0.25) is 0 Å². The summed E-state index contributed by atoms with van der Waals surface area (Å²) in [5.74, 6) is -0.0560. The summed E-state index contributed by atoms with van der Waals surface area (Å²) < 4.78 is 5.29. The van der Waals surface area contributed by atoms with Gasteiger partial charge in [-0.1, -0.05) is 36.4 Å². The molecule has 1 N–H and O–H groups in total. The van der Waals surface area contributed by atoms with Crippen LogP contribution < -0.4 is 10.2 Å². The van der Waals surface area contributed by atoms with Gasteiger partial charge in [0, 0.05) is 12.1 Å². The molecule has 0 aliphatic heterocycles. The van der Waals surface area contributed by atoms with Gasteiger partial charge in [0.1, 0.15) is 5.75 Å². The molecule has 0 saturated carbocycles. The van der Waals surface area contributed by atoms with E-state index in [-0.39, 0.29) is 12.3 Å². The number of ether oxygens (including phenoxy) is 1. The number of nitrogens with zero attached hydrogens (tertiary/aromatic N) is 2. The van der Waals surface area contributed by atoms with Crippen molar-refractivity contribution >= 4 is 28.1 Å². The highest BCUT2D eigenvalue weighted by Gasteiger charge is 2.07. The van der Waals surface area contributed by atoms with Gasteiger partial charge in [0.15, 0.2) is 6.61 Å². The molecular formula is C20H17N3O4. The molecule has 7 heteroatoms. The van der Waals surface area contributed by atoms with Gasteiger partial charge in [0.25, 0.3) is 11.6 Å². The molecule has 0 saturated heterocycles. The molecule has 0 aromatic heterocycles. The molecule has 3 aromatic rings. The van der Waals surface area contributed by atoms with Crippen LogP contribution in [-0.4, -0.2) is 23.1 Å². The third kappa shape index (κ3) is 4.66. The van der Waals surface area contributed by atoms with E-state index >= 15 is 0 Å². The summed E-state index contributed by atoms with van der Waals surface area (Å²) in [6, 6.07) is 19.5. The second-order valence-corrected chi connectivity index (χ2v) is 5.83. The maximum Gasteiger partial charge on any atom is 0.277 e. The number of rotatable bonds is 6. The zero-order chi connectivity index (χ0) is 19.2. The minimum absolute atomic E-state index is 0.0394. The molecule has 7 nitrogen and oxygen atoms in total. The number of nitro benzene ring substituents is 1. The summed E-state index contributed by atoms with van der Waals surface area (Å²) in [5, 5.41) is 16.9. The number of benzene rings is 3. The molecule has 0 spiro atoms. The van der Waals surface area contributed by atoms with Crippen molar-refractivity contribution in [3.8, 4) is 5.75 Å². The zero-order valence-electron chi connectivity index (χ0n) is 14.6. The van der Waals surface area contributed by atoms with Crippen LogP contribution in [0, 0.1) is 10.1 Å². The zero-order valence-corrected chi connectivity index (χ0v) is 14.6. The molecule has 27 heavy (non-hydrogen) atoms. The lowest BCUT2D eigenvalue weighted by Gasteiger charge is -2.06. The van der Waals surface area contributed by atoms with Crippen molar-refractivity contribution in [3.05, 3.63) is 82.4 Å². The minimum atomic E-state index is -0.499. The monoisotopic (exact) mass is 363 g/mol. The van der Waals surface area contributed by atoms with Crippen LogP contribution in [0.3, 0.4) is 0 Å². The first-order valence-corrected chi connectivity index (χ1v) is 8.22. The lowest BCUT2D eigenvalue weighted by atomic mass is 10.0. The number of hydrogen-bond acceptors (Lipinski definition) is 5. The van der Waals surface area contributed by atoms with Crippen LogP contribution in [0.1, 0.15) is 12.5 Å². The molecule has 0 heterocycles. The highest BCUT2D eigenvalue weighted by atomic mass is 16.6. The summed E-state index contributed by atoms with van der Waals surface area (Å²) in [6.45, 7) is 1.56. The van der Waals surface area contributed by atoms with Crippen LogP contribution in [0.5, 0.6) is 5.75 Å². The second-order valence-electron chi connectivity index (χ2n) is 5.83. The predicted octanol–water partition coefficient (Wildman–Crippen LogP) is 3.67. The molecule has 3 aromatic carbocycles. The van der Waals surface area contributed by atoms with Gasteiger partial charge in [0.05, 0.1) is 10.6 Å². The first-order valence-electron chi connectivity index (χ1n) is 8.22. The Balaban J connectivity index is 1.57. The normalized spacial score (nSPS) is 11.2. The average molecular weight is 363 g/mol. The summed E-state index contributed by atoms with van der Waals surface area (Å²) >= 11 is 0. The SMILES string of the molecule is C/C(=N\NC(=O)COc1ccc([N+](=O)[O-])cc1)c1ccc2ccccc2c1. The molecule has 0 aliphatic carbocycles. The lowest BCUT2D eigenvalue weighted by Crippen LogP contribution is -2.25. The third-order valence-corrected chi connectivity index (χ3v) is 3.93. The smallest absolute Gasteiger partial charge is 0.277 e. The van der Waals surface area contributed by atoms with Crippen molar-refractivity contribution in [2.24, 2.45) is 5.10 Å². The standard InChI is InChI=1S/C20H17N3O4/c1-14(16-7-6-15-4-2-3-5-17(15)12-16)21-22-20(24)13-27-19-10-8-18(9-11-19)23(25)26/h2-12H,13H2,1H3,(H,22,24)/b21-14+. The summed E-state index contributed by atoms with van der Waals surface area (Å²) in [6.07, 6.45) is 0. The topological polar surface area (TPSA) is 93.8 Å². The molecule has 0 fully saturated rings. The molecule has 3 rings (SSSR count). The fourth-order valence-electron chi connectivity index (χ4n) is 2.47. The van der Waals surface area contributed by atoms with Gasteiger partial charge in [-0.2, -0.15) is 5.10 Å². The van der Waals surface area contributed by atoms with E-state index in [9.17, 15) is 14.9 Å². The summed E-state index contributed by atoms with van der Waals surface area (Å²) in [4.78, 5) is 22.0. The van der Waals surface area contributed by atoms with Crippen LogP contribution in [-0.2, 0) is 4.79 Å². The number of carbonyl (C=O) groups excluding carboxylic acids is 1. The van der Waals surface area contributed by atoms with Gasteiger partial charge in [-0.3, -0.25) is 14.9 Å². The highest BCUT2D eigenvalue weighted by Crippen LogP contribution is 2.17. The molecule has 0 bridgehead atoms. The highest BCUT2D eigenvalue weighted by molar-refractivity contribution is 6.02. The summed E-state index contributed by atoms with van der Waals surface area (Å²) in [7, 11) is 0. The molecule has 0 aliphatic rings. The number of carbonyl (C=O) groups is 1. The number of non-ortho nitro benzene ring substituents is 1. The first kappa shape index (κ1) is 18.1. The quantitative estimate of drug-likeness (QED) is 0.411. The van der Waals surface area contributed by atoms with Crippen LogP contribution in [0.2, 0.25) is 0 Å². The number of fused-ring (bicyclic) bond motifs is 1. The van der Waals surface area contributed by atoms with Gasteiger partial charge in [-0.25, -0.2) is 5.43 Å². The third-order valence-electron chi connectivity index (χ3n) is 3.93. The van der Waals surface area contributed by atoms with Gasteiger partial charge < -0.3 is 4.74 Å². The van der Waals surface area contributed by atoms with Crippen LogP contribution >= 0.6 is 0 Å². The molecule has 0 atom stereocenters. The maximum absolute atomic E-state index is 11.9. The van der Waals surface area contributed by atoms with E-state index in [0.717, 1.165) is 16.3 Å². The Kier molecular flexibility index (Phi) is 5.41. The Bertz CT molecular complexity index is 1010. The van der Waals surface area contributed by atoms with E-state index in [1.54, 1.807) is 0 Å². The van der Waals surface area contributed by atoms with Crippen molar-refractivity contribution in [2.45, 2.75) is 6.92 Å². The lowest BCUT2D eigenvalue weighted by molar-refractivity contribution is -0.384. The number of hydrogen-bond donors (Lipinski definition) is 1. The van der Waals surface area contributed by atoms with Crippen molar-refractivity contribution in [1.82, 2.24) is 5.43 Å².